The van der Waals surface area contributed by atoms with Gasteiger partial charge in [0.25, 0.3) is 5.91 Å². The van der Waals surface area contributed by atoms with Crippen molar-refractivity contribution < 1.29 is 9.18 Å². The van der Waals surface area contributed by atoms with Gasteiger partial charge < -0.3 is 10.6 Å². The molecule has 1 aromatic carbocycles. The van der Waals surface area contributed by atoms with E-state index in [-0.39, 0.29) is 10.9 Å². The number of carbonyl (C=O) groups excluding carboxylic acids is 1. The van der Waals surface area contributed by atoms with Crippen LogP contribution in [0.25, 0.3) is 0 Å². The zero-order chi connectivity index (χ0) is 13.8. The van der Waals surface area contributed by atoms with Gasteiger partial charge in [0.05, 0.1) is 10.6 Å². The van der Waals surface area contributed by atoms with Crippen molar-refractivity contribution in [3.8, 4) is 0 Å². The summed E-state index contributed by atoms with van der Waals surface area (Å²) in [5.74, 6) is -0.283. The third kappa shape index (κ3) is 3.20. The lowest BCUT2D eigenvalue weighted by atomic mass is 10.2. The molecule has 0 spiro atoms. The van der Waals surface area contributed by atoms with Crippen molar-refractivity contribution in [3.05, 3.63) is 52.9 Å². The Morgan fingerprint density at radius 2 is 2.11 bits per heavy atom. The Morgan fingerprint density at radius 3 is 2.68 bits per heavy atom. The maximum absolute atomic E-state index is 13.2. The first-order chi connectivity index (χ1) is 9.10. The van der Waals surface area contributed by atoms with Gasteiger partial charge in [-0.15, -0.1) is 0 Å². The molecule has 0 unspecified atom stereocenters. The fourth-order valence-electron chi connectivity index (χ4n) is 1.45. The number of amides is 1. The predicted octanol–water partition coefficient (Wildman–Crippen LogP) is 3.17. The van der Waals surface area contributed by atoms with Crippen LogP contribution in [0.4, 0.5) is 15.9 Å². The number of aromatic nitrogens is 1. The molecular weight excluding hydrogens is 269 g/mol. The molecule has 1 heterocycles. The van der Waals surface area contributed by atoms with E-state index in [2.05, 4.69) is 15.6 Å². The first-order valence-electron chi connectivity index (χ1n) is 5.50. The molecule has 6 heteroatoms. The lowest BCUT2D eigenvalue weighted by Gasteiger charge is -2.06. The number of benzene rings is 1. The van der Waals surface area contributed by atoms with Gasteiger partial charge in [0.15, 0.2) is 0 Å². The maximum Gasteiger partial charge on any atom is 0.257 e. The Bertz CT molecular complexity index is 601. The molecule has 1 amide bonds. The zero-order valence-electron chi connectivity index (χ0n) is 10.1. The van der Waals surface area contributed by atoms with Gasteiger partial charge in [-0.2, -0.15) is 0 Å². The normalized spacial score (nSPS) is 10.1. The van der Waals surface area contributed by atoms with Gasteiger partial charge in [0.1, 0.15) is 11.6 Å². The molecule has 0 aliphatic carbocycles. The van der Waals surface area contributed by atoms with E-state index >= 15 is 0 Å². The Labute approximate surface area is 114 Å². The van der Waals surface area contributed by atoms with Gasteiger partial charge in [0.2, 0.25) is 0 Å². The van der Waals surface area contributed by atoms with Crippen molar-refractivity contribution in [1.29, 1.82) is 0 Å². The highest BCUT2D eigenvalue weighted by molar-refractivity contribution is 6.30. The fourth-order valence-corrected chi connectivity index (χ4v) is 1.57. The third-order valence-corrected chi connectivity index (χ3v) is 2.77. The second-order valence-electron chi connectivity index (χ2n) is 3.77. The van der Waals surface area contributed by atoms with Gasteiger partial charge in [-0.1, -0.05) is 11.6 Å². The zero-order valence-corrected chi connectivity index (χ0v) is 10.8. The number of anilines is 2. The van der Waals surface area contributed by atoms with E-state index in [9.17, 15) is 9.18 Å². The minimum atomic E-state index is -0.580. The van der Waals surface area contributed by atoms with Crippen LogP contribution in [0.2, 0.25) is 5.02 Å². The van der Waals surface area contributed by atoms with Crippen molar-refractivity contribution in [2.45, 2.75) is 0 Å². The smallest absolute Gasteiger partial charge is 0.257 e. The van der Waals surface area contributed by atoms with E-state index in [1.165, 1.54) is 18.3 Å². The van der Waals surface area contributed by atoms with Crippen LogP contribution in [0.3, 0.4) is 0 Å². The van der Waals surface area contributed by atoms with Gasteiger partial charge in [-0.25, -0.2) is 9.37 Å². The lowest BCUT2D eigenvalue weighted by Crippen LogP contribution is -2.12. The van der Waals surface area contributed by atoms with E-state index in [1.807, 2.05) is 0 Å². The quantitative estimate of drug-likeness (QED) is 0.907. The molecule has 19 heavy (non-hydrogen) atoms. The monoisotopic (exact) mass is 279 g/mol. The maximum atomic E-state index is 13.2. The third-order valence-electron chi connectivity index (χ3n) is 2.46. The summed E-state index contributed by atoms with van der Waals surface area (Å²) in [4.78, 5) is 15.9. The summed E-state index contributed by atoms with van der Waals surface area (Å²) in [5.41, 5.74) is 0.721. The minimum absolute atomic E-state index is 0.0121. The van der Waals surface area contributed by atoms with Crippen LogP contribution in [0.15, 0.2) is 36.5 Å². The van der Waals surface area contributed by atoms with Crippen LogP contribution >= 0.6 is 11.6 Å². The number of halogens is 2. The highest BCUT2D eigenvalue weighted by Gasteiger charge is 2.08. The van der Waals surface area contributed by atoms with Crippen molar-refractivity contribution >= 4 is 29.0 Å². The number of carbonyl (C=O) groups is 1. The highest BCUT2D eigenvalue weighted by atomic mass is 35.5. The number of pyridine rings is 1. The SMILES string of the molecule is CNc1ccc(C(=O)Nc2ccc(Cl)c(F)c2)cn1. The first kappa shape index (κ1) is 13.3. The molecular formula is C13H11ClFN3O. The van der Waals surface area contributed by atoms with Gasteiger partial charge in [-0.05, 0) is 30.3 Å². The second kappa shape index (κ2) is 5.67. The second-order valence-corrected chi connectivity index (χ2v) is 4.17. The summed E-state index contributed by atoms with van der Waals surface area (Å²) >= 11 is 5.56. The van der Waals surface area contributed by atoms with E-state index in [4.69, 9.17) is 11.6 Å². The molecule has 0 aliphatic rings. The van der Waals surface area contributed by atoms with E-state index in [0.717, 1.165) is 6.07 Å². The van der Waals surface area contributed by atoms with Gasteiger partial charge in [0, 0.05) is 18.9 Å². The Morgan fingerprint density at radius 1 is 1.32 bits per heavy atom. The predicted molar refractivity (Wildman–Crippen MR) is 73.1 cm³/mol. The van der Waals surface area contributed by atoms with Gasteiger partial charge in [-0.3, -0.25) is 4.79 Å². The van der Waals surface area contributed by atoms with Crippen LogP contribution in [0.1, 0.15) is 10.4 Å². The van der Waals surface area contributed by atoms with E-state index in [1.54, 1.807) is 19.2 Å². The molecule has 2 aromatic rings. The molecule has 2 N–H and O–H groups in total. The molecule has 0 atom stereocenters. The van der Waals surface area contributed by atoms with Crippen molar-refractivity contribution in [3.63, 3.8) is 0 Å². The average molecular weight is 280 g/mol. The molecule has 0 saturated carbocycles. The molecule has 0 fully saturated rings. The molecule has 0 aliphatic heterocycles. The van der Waals surface area contributed by atoms with Gasteiger partial charge >= 0.3 is 0 Å². The van der Waals surface area contributed by atoms with Crippen molar-refractivity contribution in [1.82, 2.24) is 4.98 Å². The summed E-state index contributed by atoms with van der Waals surface area (Å²) in [6, 6.07) is 7.38. The molecule has 0 saturated heterocycles. The minimum Gasteiger partial charge on any atom is -0.373 e. The van der Waals surface area contributed by atoms with Crippen LogP contribution in [-0.4, -0.2) is 17.9 Å². The lowest BCUT2D eigenvalue weighted by molar-refractivity contribution is 0.102. The summed E-state index contributed by atoms with van der Waals surface area (Å²) in [7, 11) is 1.73. The largest absolute Gasteiger partial charge is 0.373 e. The Kier molecular flexibility index (Phi) is 3.97. The Hall–Kier alpha value is -2.14. The van der Waals surface area contributed by atoms with Crippen LogP contribution in [0.5, 0.6) is 0 Å². The number of rotatable bonds is 3. The van der Waals surface area contributed by atoms with Crippen LogP contribution in [-0.2, 0) is 0 Å². The first-order valence-corrected chi connectivity index (χ1v) is 5.88. The standard InChI is InChI=1S/C13H11ClFN3O/c1-16-12-5-2-8(7-17-12)13(19)18-9-3-4-10(14)11(15)6-9/h2-7H,1H3,(H,16,17)(H,18,19). The van der Waals surface area contributed by atoms with Crippen molar-refractivity contribution in [2.75, 3.05) is 17.7 Å². The fraction of sp³-hybridized carbons (Fsp3) is 0.0769. The van der Waals surface area contributed by atoms with E-state index in [0.29, 0.717) is 17.1 Å². The van der Waals surface area contributed by atoms with E-state index < -0.39 is 5.82 Å². The average Bonchev–Trinajstić information content (AvgIpc) is 2.43. The summed E-state index contributed by atoms with van der Waals surface area (Å²) in [6.07, 6.45) is 1.44. The molecule has 2 rings (SSSR count). The Balaban J connectivity index is 2.13. The molecule has 1 aromatic heterocycles. The number of hydrogen-bond acceptors (Lipinski definition) is 3. The number of nitrogens with one attached hydrogen (secondary N) is 2. The molecule has 98 valence electrons. The number of hydrogen-bond donors (Lipinski definition) is 2. The topological polar surface area (TPSA) is 54.0 Å². The molecule has 0 bridgehead atoms. The molecule has 0 radical (unpaired) electrons. The highest BCUT2D eigenvalue weighted by Crippen LogP contribution is 2.19. The van der Waals surface area contributed by atoms with Crippen molar-refractivity contribution in [2.24, 2.45) is 0 Å². The van der Waals surface area contributed by atoms with Crippen LogP contribution in [0, 0.1) is 5.82 Å². The summed E-state index contributed by atoms with van der Waals surface area (Å²) < 4.78 is 13.2. The molecule has 4 nitrogen and oxygen atoms in total. The number of nitrogens with zero attached hydrogens (tertiary/aromatic N) is 1. The van der Waals surface area contributed by atoms with Crippen LogP contribution < -0.4 is 10.6 Å². The summed E-state index contributed by atoms with van der Waals surface area (Å²) in [5, 5.41) is 5.43. The summed E-state index contributed by atoms with van der Waals surface area (Å²) in [6.45, 7) is 0.